The molecule has 0 aromatic heterocycles. The number of hydrogen-bond acceptors (Lipinski definition) is 3. The number of benzene rings is 1. The van der Waals surface area contributed by atoms with E-state index < -0.39 is 11.9 Å². The fourth-order valence-electron chi connectivity index (χ4n) is 2.60. The van der Waals surface area contributed by atoms with Crippen LogP contribution in [0, 0.1) is 5.92 Å². The molecule has 1 unspecified atom stereocenters. The molecule has 0 bridgehead atoms. The van der Waals surface area contributed by atoms with Gasteiger partial charge in [-0.25, -0.2) is 0 Å². The lowest BCUT2D eigenvalue weighted by Gasteiger charge is -2.13. The Morgan fingerprint density at radius 1 is 1.42 bits per heavy atom. The van der Waals surface area contributed by atoms with Crippen molar-refractivity contribution in [1.82, 2.24) is 4.90 Å². The normalized spacial score (nSPS) is 19.5. The molecule has 1 aromatic carbocycles. The predicted octanol–water partition coefficient (Wildman–Crippen LogP) is 0.734. The van der Waals surface area contributed by atoms with Crippen molar-refractivity contribution in [3.05, 3.63) is 35.4 Å². The largest absolute Gasteiger partial charge is 0.480 e. The van der Waals surface area contributed by atoms with Gasteiger partial charge in [0.1, 0.15) is 0 Å². The minimum Gasteiger partial charge on any atom is -0.480 e. The van der Waals surface area contributed by atoms with Gasteiger partial charge in [0, 0.05) is 12.1 Å². The molecule has 1 aliphatic rings. The number of carboxylic acid groups (broad SMARTS) is 1. The Balaban J connectivity index is 1.93. The van der Waals surface area contributed by atoms with Gasteiger partial charge in [-0.1, -0.05) is 12.1 Å². The van der Waals surface area contributed by atoms with Crippen LogP contribution < -0.4 is 5.73 Å². The molecule has 1 saturated heterocycles. The molecule has 1 atom stereocenters. The number of primary amides is 1. The first kappa shape index (κ1) is 13.5. The van der Waals surface area contributed by atoms with Crippen LogP contribution in [0.3, 0.4) is 0 Å². The van der Waals surface area contributed by atoms with Crippen molar-refractivity contribution in [3.63, 3.8) is 0 Å². The summed E-state index contributed by atoms with van der Waals surface area (Å²) in [6.45, 7) is 1.73. The maximum Gasteiger partial charge on any atom is 0.317 e. The van der Waals surface area contributed by atoms with Gasteiger partial charge in [0.2, 0.25) is 5.91 Å². The van der Waals surface area contributed by atoms with Crippen molar-refractivity contribution in [1.29, 1.82) is 0 Å². The summed E-state index contributed by atoms with van der Waals surface area (Å²) >= 11 is 0. The SMILES string of the molecule is NC(=O)c1cccc(CC2CCN(CC(=O)O)C2)c1. The number of carbonyl (C=O) groups excluding carboxylic acids is 1. The molecule has 1 heterocycles. The van der Waals surface area contributed by atoms with E-state index in [1.807, 2.05) is 23.1 Å². The molecule has 1 amide bonds. The van der Waals surface area contributed by atoms with E-state index in [0.717, 1.165) is 31.5 Å². The number of carboxylic acids is 1. The number of carbonyl (C=O) groups is 2. The van der Waals surface area contributed by atoms with Crippen molar-refractivity contribution >= 4 is 11.9 Å². The van der Waals surface area contributed by atoms with Crippen molar-refractivity contribution in [2.45, 2.75) is 12.8 Å². The first-order chi connectivity index (χ1) is 9.04. The Bertz CT molecular complexity index is 487. The van der Waals surface area contributed by atoms with E-state index in [1.165, 1.54) is 0 Å². The summed E-state index contributed by atoms with van der Waals surface area (Å²) < 4.78 is 0. The molecule has 0 aliphatic carbocycles. The maximum absolute atomic E-state index is 11.1. The highest BCUT2D eigenvalue weighted by atomic mass is 16.4. The van der Waals surface area contributed by atoms with Gasteiger partial charge in [-0.3, -0.25) is 14.5 Å². The zero-order chi connectivity index (χ0) is 13.8. The highest BCUT2D eigenvalue weighted by molar-refractivity contribution is 5.92. The highest BCUT2D eigenvalue weighted by Crippen LogP contribution is 2.21. The predicted molar refractivity (Wildman–Crippen MR) is 70.8 cm³/mol. The minimum absolute atomic E-state index is 0.109. The quantitative estimate of drug-likeness (QED) is 0.819. The molecule has 5 nitrogen and oxygen atoms in total. The van der Waals surface area contributed by atoms with E-state index in [1.54, 1.807) is 6.07 Å². The fourth-order valence-corrected chi connectivity index (χ4v) is 2.60. The highest BCUT2D eigenvalue weighted by Gasteiger charge is 2.24. The van der Waals surface area contributed by atoms with E-state index in [-0.39, 0.29) is 6.54 Å². The zero-order valence-corrected chi connectivity index (χ0v) is 10.7. The van der Waals surface area contributed by atoms with Crippen LogP contribution in [0.5, 0.6) is 0 Å². The molecule has 3 N–H and O–H groups in total. The summed E-state index contributed by atoms with van der Waals surface area (Å²) in [6.07, 6.45) is 1.85. The summed E-state index contributed by atoms with van der Waals surface area (Å²) in [7, 11) is 0. The molecule has 5 heteroatoms. The lowest BCUT2D eigenvalue weighted by molar-refractivity contribution is -0.138. The smallest absolute Gasteiger partial charge is 0.317 e. The summed E-state index contributed by atoms with van der Waals surface area (Å²) in [5, 5.41) is 8.75. The zero-order valence-electron chi connectivity index (χ0n) is 10.7. The Kier molecular flexibility index (Phi) is 4.16. The number of aliphatic carboxylic acids is 1. The third-order valence-corrected chi connectivity index (χ3v) is 3.46. The second-order valence-corrected chi connectivity index (χ2v) is 5.05. The van der Waals surface area contributed by atoms with Crippen LogP contribution in [0.15, 0.2) is 24.3 Å². The molecule has 2 rings (SSSR count). The minimum atomic E-state index is -0.781. The molecule has 0 radical (unpaired) electrons. The van der Waals surface area contributed by atoms with Crippen molar-refractivity contribution in [2.75, 3.05) is 19.6 Å². The molecule has 1 aromatic rings. The average Bonchev–Trinajstić information content (AvgIpc) is 2.76. The topological polar surface area (TPSA) is 83.6 Å². The summed E-state index contributed by atoms with van der Waals surface area (Å²) in [4.78, 5) is 23.7. The van der Waals surface area contributed by atoms with Crippen LogP contribution in [0.2, 0.25) is 0 Å². The molecule has 0 saturated carbocycles. The summed E-state index contributed by atoms with van der Waals surface area (Å²) in [5.41, 5.74) is 6.86. The van der Waals surface area contributed by atoms with Crippen LogP contribution in [0.4, 0.5) is 0 Å². The van der Waals surface area contributed by atoms with Gasteiger partial charge in [0.05, 0.1) is 6.54 Å². The maximum atomic E-state index is 11.1. The lowest BCUT2D eigenvalue weighted by atomic mass is 9.97. The number of amides is 1. The van der Waals surface area contributed by atoms with E-state index >= 15 is 0 Å². The van der Waals surface area contributed by atoms with Crippen LogP contribution in [-0.4, -0.2) is 41.5 Å². The number of rotatable bonds is 5. The second kappa shape index (κ2) is 5.84. The van der Waals surface area contributed by atoms with Gasteiger partial charge >= 0.3 is 5.97 Å². The number of likely N-dealkylation sites (tertiary alicyclic amines) is 1. The Labute approximate surface area is 112 Å². The van der Waals surface area contributed by atoms with Crippen molar-refractivity contribution < 1.29 is 14.7 Å². The molecule has 1 aliphatic heterocycles. The summed E-state index contributed by atoms with van der Waals surface area (Å²) in [5.74, 6) is -0.750. The summed E-state index contributed by atoms with van der Waals surface area (Å²) in [6, 6.07) is 7.34. The Morgan fingerprint density at radius 3 is 2.89 bits per heavy atom. The van der Waals surface area contributed by atoms with Crippen LogP contribution in [-0.2, 0) is 11.2 Å². The molecule has 19 heavy (non-hydrogen) atoms. The van der Waals surface area contributed by atoms with E-state index in [2.05, 4.69) is 0 Å². The molecular formula is C14H18N2O3. The molecule has 0 spiro atoms. The first-order valence-corrected chi connectivity index (χ1v) is 6.37. The number of hydrogen-bond donors (Lipinski definition) is 2. The van der Waals surface area contributed by atoms with Crippen LogP contribution in [0.1, 0.15) is 22.3 Å². The van der Waals surface area contributed by atoms with Gasteiger partial charge < -0.3 is 10.8 Å². The van der Waals surface area contributed by atoms with Gasteiger partial charge in [0.15, 0.2) is 0 Å². The van der Waals surface area contributed by atoms with Gasteiger partial charge in [-0.05, 0) is 43.0 Å². The fraction of sp³-hybridized carbons (Fsp3) is 0.429. The van der Waals surface area contributed by atoms with Gasteiger partial charge in [-0.15, -0.1) is 0 Å². The van der Waals surface area contributed by atoms with E-state index in [4.69, 9.17) is 10.8 Å². The average molecular weight is 262 g/mol. The van der Waals surface area contributed by atoms with Crippen molar-refractivity contribution in [3.8, 4) is 0 Å². The second-order valence-electron chi connectivity index (χ2n) is 5.05. The third kappa shape index (κ3) is 3.79. The Morgan fingerprint density at radius 2 is 2.21 bits per heavy atom. The van der Waals surface area contributed by atoms with Crippen LogP contribution >= 0.6 is 0 Å². The van der Waals surface area contributed by atoms with Crippen molar-refractivity contribution in [2.24, 2.45) is 11.7 Å². The molecule has 102 valence electrons. The van der Waals surface area contributed by atoms with Gasteiger partial charge in [-0.2, -0.15) is 0 Å². The third-order valence-electron chi connectivity index (χ3n) is 3.46. The lowest BCUT2D eigenvalue weighted by Crippen LogP contribution is -2.27. The number of nitrogens with two attached hydrogens (primary N) is 1. The van der Waals surface area contributed by atoms with E-state index in [9.17, 15) is 9.59 Å². The molecule has 1 fully saturated rings. The standard InChI is InChI=1S/C14H18N2O3/c15-14(19)12-3-1-2-10(7-12)6-11-4-5-16(8-11)9-13(17)18/h1-3,7,11H,4-6,8-9H2,(H2,15,19)(H,17,18). The van der Waals surface area contributed by atoms with E-state index in [0.29, 0.717) is 11.5 Å². The molecular weight excluding hydrogens is 244 g/mol. The first-order valence-electron chi connectivity index (χ1n) is 6.37. The monoisotopic (exact) mass is 262 g/mol. The van der Waals surface area contributed by atoms with Gasteiger partial charge in [0.25, 0.3) is 0 Å². The van der Waals surface area contributed by atoms with Crippen LogP contribution in [0.25, 0.3) is 0 Å². The Hall–Kier alpha value is -1.88. The number of nitrogens with zero attached hydrogens (tertiary/aromatic N) is 1.